The highest BCUT2D eigenvalue weighted by molar-refractivity contribution is 6.09. The van der Waals surface area contributed by atoms with Crippen LogP contribution in [0.25, 0.3) is 0 Å². The number of rotatable bonds is 6. The van der Waals surface area contributed by atoms with Gasteiger partial charge in [-0.1, -0.05) is 17.7 Å². The average Bonchev–Trinajstić information content (AvgIpc) is 3.34. The van der Waals surface area contributed by atoms with Crippen molar-refractivity contribution >= 4 is 34.7 Å². The predicted octanol–water partition coefficient (Wildman–Crippen LogP) is 5.73. The molecule has 10 nitrogen and oxygen atoms in total. The fourth-order valence-corrected chi connectivity index (χ4v) is 4.68. The van der Waals surface area contributed by atoms with E-state index >= 15 is 0 Å². The molecule has 0 bridgehead atoms. The third-order valence-corrected chi connectivity index (χ3v) is 6.66. The first-order valence-electron chi connectivity index (χ1n) is 12.4. The Labute approximate surface area is 228 Å². The summed E-state index contributed by atoms with van der Waals surface area (Å²) in [5.41, 5.74) is 4.46. The van der Waals surface area contributed by atoms with E-state index in [-0.39, 0.29) is 11.3 Å². The first-order chi connectivity index (χ1) is 19.1. The molecule has 1 aliphatic rings. The van der Waals surface area contributed by atoms with E-state index in [1.165, 1.54) is 47.3 Å². The van der Waals surface area contributed by atoms with Crippen molar-refractivity contribution in [3.8, 4) is 0 Å². The number of hydrogen-bond donors (Lipinski definition) is 3. The topological polar surface area (TPSA) is 131 Å². The Morgan fingerprint density at radius 2 is 1.68 bits per heavy atom. The molecule has 1 aromatic heterocycles. The lowest BCUT2D eigenvalue weighted by atomic mass is 9.94. The fourth-order valence-electron chi connectivity index (χ4n) is 4.68. The number of halogens is 1. The van der Waals surface area contributed by atoms with E-state index in [1.807, 2.05) is 32.0 Å². The van der Waals surface area contributed by atoms with E-state index in [9.17, 15) is 24.1 Å². The number of benzene rings is 3. The van der Waals surface area contributed by atoms with Crippen LogP contribution in [0.4, 0.5) is 27.3 Å². The Morgan fingerprint density at radius 1 is 0.975 bits per heavy atom. The first-order valence-corrected chi connectivity index (χ1v) is 12.4. The van der Waals surface area contributed by atoms with Gasteiger partial charge in [-0.2, -0.15) is 5.10 Å². The molecular formula is C29H25FN6O4. The Bertz CT molecular complexity index is 1680. The Hall–Kier alpha value is -5.32. The molecule has 40 heavy (non-hydrogen) atoms. The SMILES string of the molecule is CC1=C(C(=O)Nc2ccc(C)cc2C)[C@H](c2ccc([N+](=O)[O-])cc2)n2ncc(C(=O)Nc3ccc(F)cc3)c2N1. The molecule has 11 heteroatoms. The van der Waals surface area contributed by atoms with E-state index < -0.39 is 28.6 Å². The number of aryl methyl sites for hydroxylation is 2. The van der Waals surface area contributed by atoms with Crippen LogP contribution in [0, 0.1) is 29.8 Å². The van der Waals surface area contributed by atoms with Gasteiger partial charge >= 0.3 is 0 Å². The molecule has 2 heterocycles. The molecule has 1 aliphatic heterocycles. The minimum atomic E-state index is -0.796. The van der Waals surface area contributed by atoms with Crippen LogP contribution in [0.5, 0.6) is 0 Å². The lowest BCUT2D eigenvalue weighted by Crippen LogP contribution is -2.32. The minimum absolute atomic E-state index is 0.0975. The number of carbonyl (C=O) groups is 2. The molecule has 0 unspecified atom stereocenters. The maximum absolute atomic E-state index is 13.7. The smallest absolute Gasteiger partial charge is 0.269 e. The number of nitrogens with zero attached hydrogens (tertiary/aromatic N) is 3. The number of allylic oxidation sites excluding steroid dienone is 1. The van der Waals surface area contributed by atoms with Crippen molar-refractivity contribution in [2.24, 2.45) is 0 Å². The number of fused-ring (bicyclic) bond motifs is 1. The van der Waals surface area contributed by atoms with Crippen LogP contribution >= 0.6 is 0 Å². The summed E-state index contributed by atoms with van der Waals surface area (Å²) in [6, 6.07) is 16.1. The molecule has 0 spiro atoms. The monoisotopic (exact) mass is 540 g/mol. The molecule has 5 rings (SSSR count). The fraction of sp³-hybridized carbons (Fsp3) is 0.138. The lowest BCUT2D eigenvalue weighted by molar-refractivity contribution is -0.384. The minimum Gasteiger partial charge on any atom is -0.343 e. The predicted molar refractivity (Wildman–Crippen MR) is 149 cm³/mol. The molecule has 0 radical (unpaired) electrons. The molecule has 202 valence electrons. The van der Waals surface area contributed by atoms with Gasteiger partial charge in [-0.25, -0.2) is 9.07 Å². The van der Waals surface area contributed by atoms with Crippen LogP contribution in [0.15, 0.2) is 84.2 Å². The normalized spacial score (nSPS) is 14.2. The second-order valence-corrected chi connectivity index (χ2v) is 9.50. The van der Waals surface area contributed by atoms with E-state index in [0.29, 0.717) is 34.0 Å². The zero-order valence-electron chi connectivity index (χ0n) is 21.9. The van der Waals surface area contributed by atoms with Crippen molar-refractivity contribution in [1.82, 2.24) is 9.78 Å². The van der Waals surface area contributed by atoms with Gasteiger partial charge in [-0.15, -0.1) is 0 Å². The van der Waals surface area contributed by atoms with Crippen LogP contribution < -0.4 is 16.0 Å². The second-order valence-electron chi connectivity index (χ2n) is 9.50. The Morgan fingerprint density at radius 3 is 2.33 bits per heavy atom. The highest BCUT2D eigenvalue weighted by atomic mass is 19.1. The number of aromatic nitrogens is 2. The first kappa shape index (κ1) is 26.3. The number of carbonyl (C=O) groups excluding carboxylic acids is 2. The van der Waals surface area contributed by atoms with Crippen molar-refractivity contribution in [3.63, 3.8) is 0 Å². The van der Waals surface area contributed by atoms with E-state index in [1.54, 1.807) is 19.1 Å². The number of non-ortho nitro benzene ring substituents is 1. The maximum Gasteiger partial charge on any atom is 0.269 e. The summed E-state index contributed by atoms with van der Waals surface area (Å²) in [5, 5.41) is 24.5. The summed E-state index contributed by atoms with van der Waals surface area (Å²) in [6.07, 6.45) is 1.37. The number of nitro groups is 1. The Balaban J connectivity index is 1.55. The molecule has 0 fully saturated rings. The van der Waals surface area contributed by atoms with Gasteiger partial charge in [0.1, 0.15) is 23.2 Å². The zero-order valence-corrected chi connectivity index (χ0v) is 21.9. The number of nitrogens with one attached hydrogen (secondary N) is 3. The second kappa shape index (κ2) is 10.4. The number of anilines is 3. The van der Waals surface area contributed by atoms with Gasteiger partial charge in [0.15, 0.2) is 0 Å². The highest BCUT2D eigenvalue weighted by Crippen LogP contribution is 2.38. The van der Waals surface area contributed by atoms with Crippen LogP contribution in [0.1, 0.15) is 40.0 Å². The van der Waals surface area contributed by atoms with Crippen molar-refractivity contribution < 1.29 is 18.9 Å². The number of hydrogen-bond acceptors (Lipinski definition) is 6. The van der Waals surface area contributed by atoms with Gasteiger partial charge in [-0.3, -0.25) is 19.7 Å². The molecular weight excluding hydrogens is 515 g/mol. The third kappa shape index (κ3) is 5.04. The molecule has 1 atom stereocenters. The van der Waals surface area contributed by atoms with Crippen LogP contribution in [-0.4, -0.2) is 26.5 Å². The van der Waals surface area contributed by atoms with Crippen molar-refractivity contribution in [1.29, 1.82) is 0 Å². The molecule has 2 amide bonds. The van der Waals surface area contributed by atoms with Crippen molar-refractivity contribution in [2.75, 3.05) is 16.0 Å². The van der Waals surface area contributed by atoms with Crippen LogP contribution in [0.3, 0.4) is 0 Å². The summed E-state index contributed by atoms with van der Waals surface area (Å²) >= 11 is 0. The van der Waals surface area contributed by atoms with Crippen LogP contribution in [-0.2, 0) is 4.79 Å². The van der Waals surface area contributed by atoms with Gasteiger partial charge in [0, 0.05) is 29.2 Å². The van der Waals surface area contributed by atoms with Crippen molar-refractivity contribution in [2.45, 2.75) is 26.8 Å². The van der Waals surface area contributed by atoms with Gasteiger partial charge in [-0.05, 0) is 74.4 Å². The van der Waals surface area contributed by atoms with Crippen LogP contribution in [0.2, 0.25) is 0 Å². The summed E-state index contributed by atoms with van der Waals surface area (Å²) in [6.45, 7) is 5.58. The Kier molecular flexibility index (Phi) is 6.87. The molecule has 0 aliphatic carbocycles. The molecule has 0 saturated carbocycles. The van der Waals surface area contributed by atoms with Gasteiger partial charge in [0.2, 0.25) is 0 Å². The van der Waals surface area contributed by atoms with Gasteiger partial charge in [0.25, 0.3) is 17.5 Å². The summed E-state index contributed by atoms with van der Waals surface area (Å²) in [7, 11) is 0. The van der Waals surface area contributed by atoms with E-state index in [2.05, 4.69) is 21.0 Å². The van der Waals surface area contributed by atoms with E-state index in [0.717, 1.165) is 11.1 Å². The van der Waals surface area contributed by atoms with Crippen molar-refractivity contribution in [3.05, 3.63) is 122 Å². The maximum atomic E-state index is 13.7. The molecule has 3 aromatic carbocycles. The molecule has 0 saturated heterocycles. The van der Waals surface area contributed by atoms with E-state index in [4.69, 9.17) is 0 Å². The lowest BCUT2D eigenvalue weighted by Gasteiger charge is -2.30. The number of nitro benzene ring substituents is 1. The van der Waals surface area contributed by atoms with Gasteiger partial charge < -0.3 is 16.0 Å². The number of amides is 2. The quantitative estimate of drug-likeness (QED) is 0.212. The summed E-state index contributed by atoms with van der Waals surface area (Å²) in [4.78, 5) is 37.6. The highest BCUT2D eigenvalue weighted by Gasteiger charge is 2.35. The third-order valence-electron chi connectivity index (χ3n) is 6.66. The molecule has 4 aromatic rings. The molecule has 3 N–H and O–H groups in total. The average molecular weight is 541 g/mol. The summed E-state index contributed by atoms with van der Waals surface area (Å²) < 4.78 is 14.8. The largest absolute Gasteiger partial charge is 0.343 e. The standard InChI is InChI=1S/C29H25FN6O4/c1-16-4-13-24(17(2)14-16)34-29(38)25-18(3)32-27-23(28(37)33-21-9-7-20(30)8-10-21)15-31-35(27)26(25)19-5-11-22(12-6-19)36(39)40/h4-15,26,32H,1-3H3,(H,33,37)(H,34,38)/t26-/m0/s1. The zero-order chi connectivity index (χ0) is 28.6. The summed E-state index contributed by atoms with van der Waals surface area (Å²) in [5.74, 6) is -0.970. The van der Waals surface area contributed by atoms with Gasteiger partial charge in [0.05, 0.1) is 16.7 Å².